The van der Waals surface area contributed by atoms with E-state index in [0.29, 0.717) is 0 Å². The minimum absolute atomic E-state index is 0.234. The molecule has 2 aromatic rings. The molecule has 0 aromatic heterocycles. The van der Waals surface area contributed by atoms with Crippen LogP contribution in [0.15, 0.2) is 54.6 Å². The molecular weight excluding hydrogens is 196 g/mol. The van der Waals surface area contributed by atoms with Gasteiger partial charge in [-0.2, -0.15) is 0 Å². The Morgan fingerprint density at radius 2 is 1.56 bits per heavy atom. The van der Waals surface area contributed by atoms with Crippen molar-refractivity contribution in [1.82, 2.24) is 0 Å². The number of nitrogens with one attached hydrogen (secondary N) is 2. The first kappa shape index (κ1) is 10.3. The molecule has 0 aliphatic heterocycles. The molecule has 0 atom stereocenters. The summed E-state index contributed by atoms with van der Waals surface area (Å²) in [4.78, 5) is 0. The predicted octanol–water partition coefficient (Wildman–Crippen LogP) is 3.37. The standard InChI is InChI=1S/C14H12N2/c15-10-14(16)13-8-4-7-12(9-13)11-5-2-1-3-6-11/h1-10,15-16H. The van der Waals surface area contributed by atoms with Gasteiger partial charge in [0.1, 0.15) is 0 Å². The van der Waals surface area contributed by atoms with Gasteiger partial charge in [-0.1, -0.05) is 48.5 Å². The molecular formula is C14H12N2. The van der Waals surface area contributed by atoms with E-state index >= 15 is 0 Å². The largest absolute Gasteiger partial charge is 0.307 e. The summed E-state index contributed by atoms with van der Waals surface area (Å²) < 4.78 is 0. The lowest BCUT2D eigenvalue weighted by molar-refractivity contribution is 1.49. The van der Waals surface area contributed by atoms with Gasteiger partial charge in [-0.3, -0.25) is 5.41 Å². The minimum Gasteiger partial charge on any atom is -0.307 e. The summed E-state index contributed by atoms with van der Waals surface area (Å²) in [7, 11) is 0. The Balaban J connectivity index is 2.44. The van der Waals surface area contributed by atoms with Crippen molar-refractivity contribution in [3.63, 3.8) is 0 Å². The number of hydrogen-bond donors (Lipinski definition) is 2. The summed E-state index contributed by atoms with van der Waals surface area (Å²) in [6, 6.07) is 17.7. The molecule has 2 heteroatoms. The SMILES string of the molecule is N=CC(=N)c1cccc(-c2ccccc2)c1. The van der Waals surface area contributed by atoms with Crippen molar-refractivity contribution in [2.75, 3.05) is 0 Å². The Hall–Kier alpha value is -2.22. The van der Waals surface area contributed by atoms with Gasteiger partial charge >= 0.3 is 0 Å². The summed E-state index contributed by atoms with van der Waals surface area (Å²) in [6.45, 7) is 0. The average molecular weight is 208 g/mol. The van der Waals surface area contributed by atoms with Gasteiger partial charge in [0.25, 0.3) is 0 Å². The molecule has 0 aliphatic rings. The van der Waals surface area contributed by atoms with Crippen LogP contribution in [0, 0.1) is 10.8 Å². The molecule has 78 valence electrons. The molecule has 0 spiro atoms. The van der Waals surface area contributed by atoms with Crippen LogP contribution in [0.25, 0.3) is 11.1 Å². The van der Waals surface area contributed by atoms with Gasteiger partial charge in [-0.15, -0.1) is 0 Å². The Bertz CT molecular complexity index is 515. The van der Waals surface area contributed by atoms with Gasteiger partial charge in [-0.05, 0) is 17.2 Å². The van der Waals surface area contributed by atoms with Gasteiger partial charge in [0, 0.05) is 11.8 Å². The first-order valence-electron chi connectivity index (χ1n) is 5.06. The Labute approximate surface area is 94.6 Å². The number of hydrogen-bond acceptors (Lipinski definition) is 2. The second kappa shape index (κ2) is 4.53. The molecule has 0 saturated heterocycles. The van der Waals surface area contributed by atoms with Crippen LogP contribution in [0.2, 0.25) is 0 Å². The lowest BCUT2D eigenvalue weighted by Gasteiger charge is -2.04. The fourth-order valence-corrected chi connectivity index (χ4v) is 1.58. The fourth-order valence-electron chi connectivity index (χ4n) is 1.58. The highest BCUT2D eigenvalue weighted by Gasteiger charge is 2.00. The minimum atomic E-state index is 0.234. The predicted molar refractivity (Wildman–Crippen MR) is 67.5 cm³/mol. The van der Waals surface area contributed by atoms with E-state index in [1.165, 1.54) is 0 Å². The third-order valence-electron chi connectivity index (χ3n) is 2.43. The van der Waals surface area contributed by atoms with E-state index in [4.69, 9.17) is 10.8 Å². The third-order valence-corrected chi connectivity index (χ3v) is 2.43. The molecule has 2 rings (SSSR count). The lowest BCUT2D eigenvalue weighted by Crippen LogP contribution is -1.98. The first-order valence-corrected chi connectivity index (χ1v) is 5.06. The van der Waals surface area contributed by atoms with Crippen LogP contribution in [-0.2, 0) is 0 Å². The lowest BCUT2D eigenvalue weighted by atomic mass is 10.0. The summed E-state index contributed by atoms with van der Waals surface area (Å²) in [6.07, 6.45) is 1.06. The maximum Gasteiger partial charge on any atom is 0.0787 e. The Morgan fingerprint density at radius 1 is 0.875 bits per heavy atom. The van der Waals surface area contributed by atoms with Gasteiger partial charge in [0.15, 0.2) is 0 Å². The van der Waals surface area contributed by atoms with Crippen LogP contribution in [0.3, 0.4) is 0 Å². The normalized spacial score (nSPS) is 9.75. The van der Waals surface area contributed by atoms with Gasteiger partial charge in [-0.25, -0.2) is 0 Å². The van der Waals surface area contributed by atoms with Crippen molar-refractivity contribution in [2.24, 2.45) is 0 Å². The zero-order valence-electron chi connectivity index (χ0n) is 8.77. The second-order valence-corrected chi connectivity index (χ2v) is 3.50. The van der Waals surface area contributed by atoms with E-state index in [1.807, 2.05) is 54.6 Å². The van der Waals surface area contributed by atoms with E-state index in [1.54, 1.807) is 0 Å². The van der Waals surface area contributed by atoms with E-state index in [0.717, 1.165) is 22.9 Å². The zero-order chi connectivity index (χ0) is 11.4. The van der Waals surface area contributed by atoms with Gasteiger partial charge in [0.2, 0.25) is 0 Å². The van der Waals surface area contributed by atoms with Crippen molar-refractivity contribution >= 4 is 11.9 Å². The van der Waals surface area contributed by atoms with E-state index in [2.05, 4.69) is 0 Å². The molecule has 0 fully saturated rings. The van der Waals surface area contributed by atoms with E-state index in [9.17, 15) is 0 Å². The molecule has 0 bridgehead atoms. The van der Waals surface area contributed by atoms with Crippen molar-refractivity contribution in [1.29, 1.82) is 10.8 Å². The molecule has 2 aromatic carbocycles. The van der Waals surface area contributed by atoms with Crippen LogP contribution in [0.5, 0.6) is 0 Å². The molecule has 0 saturated carbocycles. The van der Waals surface area contributed by atoms with Crippen LogP contribution in [0.4, 0.5) is 0 Å². The summed E-state index contributed by atoms with van der Waals surface area (Å²) in [5, 5.41) is 14.7. The maximum absolute atomic E-state index is 7.59. The fraction of sp³-hybridized carbons (Fsp3) is 0. The average Bonchev–Trinajstić information content (AvgIpc) is 2.39. The monoisotopic (exact) mass is 208 g/mol. The molecule has 2 N–H and O–H groups in total. The van der Waals surface area contributed by atoms with Crippen molar-refractivity contribution in [2.45, 2.75) is 0 Å². The highest BCUT2D eigenvalue weighted by atomic mass is 14.5. The maximum atomic E-state index is 7.59. The summed E-state index contributed by atoms with van der Waals surface area (Å²) in [5.41, 5.74) is 3.21. The summed E-state index contributed by atoms with van der Waals surface area (Å²) >= 11 is 0. The smallest absolute Gasteiger partial charge is 0.0787 e. The number of benzene rings is 2. The highest BCUT2D eigenvalue weighted by molar-refractivity contribution is 6.35. The molecule has 16 heavy (non-hydrogen) atoms. The van der Waals surface area contributed by atoms with E-state index < -0.39 is 0 Å². The third kappa shape index (κ3) is 2.06. The quantitative estimate of drug-likeness (QED) is 0.726. The van der Waals surface area contributed by atoms with Crippen LogP contribution >= 0.6 is 0 Å². The van der Waals surface area contributed by atoms with E-state index in [-0.39, 0.29) is 5.71 Å². The summed E-state index contributed by atoms with van der Waals surface area (Å²) in [5.74, 6) is 0. The molecule has 0 amide bonds. The topological polar surface area (TPSA) is 47.7 Å². The van der Waals surface area contributed by atoms with Crippen LogP contribution in [-0.4, -0.2) is 11.9 Å². The molecule has 2 nitrogen and oxygen atoms in total. The first-order chi connectivity index (χ1) is 7.81. The molecule has 0 aliphatic carbocycles. The molecule has 0 radical (unpaired) electrons. The van der Waals surface area contributed by atoms with Crippen LogP contribution < -0.4 is 0 Å². The highest BCUT2D eigenvalue weighted by Crippen LogP contribution is 2.19. The second-order valence-electron chi connectivity index (χ2n) is 3.50. The van der Waals surface area contributed by atoms with Crippen molar-refractivity contribution < 1.29 is 0 Å². The van der Waals surface area contributed by atoms with Crippen molar-refractivity contribution in [3.8, 4) is 11.1 Å². The Morgan fingerprint density at radius 3 is 2.25 bits per heavy atom. The van der Waals surface area contributed by atoms with Gasteiger partial charge < -0.3 is 5.41 Å². The Kier molecular flexibility index (Phi) is 2.92. The van der Waals surface area contributed by atoms with Gasteiger partial charge in [0.05, 0.1) is 5.71 Å². The number of rotatable bonds is 3. The zero-order valence-corrected chi connectivity index (χ0v) is 8.77. The molecule has 0 heterocycles. The molecule has 0 unspecified atom stereocenters. The van der Waals surface area contributed by atoms with Crippen molar-refractivity contribution in [3.05, 3.63) is 60.2 Å². The van der Waals surface area contributed by atoms with Crippen LogP contribution in [0.1, 0.15) is 5.56 Å².